The molecule has 0 spiro atoms. The van der Waals surface area contributed by atoms with E-state index in [4.69, 9.17) is 0 Å². The molecule has 0 aliphatic rings. The highest BCUT2D eigenvalue weighted by Crippen LogP contribution is 2.16. The van der Waals surface area contributed by atoms with Crippen LogP contribution in [0.4, 0.5) is 0 Å². The van der Waals surface area contributed by atoms with Crippen LogP contribution in [0.5, 0.6) is 0 Å². The summed E-state index contributed by atoms with van der Waals surface area (Å²) in [6, 6.07) is 6.82. The van der Waals surface area contributed by atoms with Crippen molar-refractivity contribution in [1.29, 1.82) is 0 Å². The average molecular weight is 241 g/mol. The highest BCUT2D eigenvalue weighted by atomic mass is 32.2. The molecule has 4 nitrogen and oxygen atoms in total. The Morgan fingerprint density at radius 3 is 2.25 bits per heavy atom. The van der Waals surface area contributed by atoms with E-state index in [2.05, 4.69) is 4.40 Å². The fourth-order valence-corrected chi connectivity index (χ4v) is 2.35. The minimum absolute atomic E-state index is 0.264. The Morgan fingerprint density at radius 1 is 1.19 bits per heavy atom. The zero-order valence-corrected chi connectivity index (χ0v) is 10.8. The summed E-state index contributed by atoms with van der Waals surface area (Å²) < 4.78 is 27.8. The van der Waals surface area contributed by atoms with Crippen molar-refractivity contribution in [2.45, 2.75) is 11.8 Å². The normalized spacial score (nSPS) is 13.2. The number of quaternary nitrogens is 1. The summed E-state index contributed by atoms with van der Waals surface area (Å²) in [5.41, 5.74) is 0.709. The maximum atomic E-state index is 11.9. The molecule has 0 unspecified atom stereocenters. The highest BCUT2D eigenvalue weighted by Gasteiger charge is 2.16. The predicted molar refractivity (Wildman–Crippen MR) is 64.9 cm³/mol. The van der Waals surface area contributed by atoms with Gasteiger partial charge in [0.05, 0.1) is 26.0 Å². The van der Waals surface area contributed by atoms with E-state index >= 15 is 0 Å². The summed E-state index contributed by atoms with van der Waals surface area (Å²) in [5.74, 6) is 0. The zero-order chi connectivity index (χ0) is 12.4. The molecule has 0 radical (unpaired) electrons. The lowest BCUT2D eigenvalue weighted by Crippen LogP contribution is -2.32. The summed E-state index contributed by atoms with van der Waals surface area (Å²) in [6.45, 7) is 1.76. The van der Waals surface area contributed by atoms with Crippen LogP contribution in [0.1, 0.15) is 5.56 Å². The lowest BCUT2D eigenvalue weighted by atomic mass is 10.2. The fourth-order valence-electron chi connectivity index (χ4n) is 1.11. The number of hydrogen-bond acceptors (Lipinski definition) is 2. The van der Waals surface area contributed by atoms with Gasteiger partial charge in [0.2, 0.25) is 6.34 Å². The number of nitrogens with zero attached hydrogens (tertiary/aromatic N) is 2. The predicted octanol–water partition coefficient (Wildman–Crippen LogP) is 1.42. The Balaban J connectivity index is 3.15. The molecule has 1 aromatic carbocycles. The smallest absolute Gasteiger partial charge is 0.287 e. The van der Waals surface area contributed by atoms with Crippen molar-refractivity contribution in [3.8, 4) is 0 Å². The van der Waals surface area contributed by atoms with E-state index in [1.807, 2.05) is 21.1 Å². The SMILES string of the molecule is Cc1ccccc1S(=O)(=O)N=C[N+](C)(C)C. The number of aryl methyl sites for hydroxylation is 1. The van der Waals surface area contributed by atoms with Gasteiger partial charge in [0.15, 0.2) is 0 Å². The van der Waals surface area contributed by atoms with Gasteiger partial charge in [-0.25, -0.2) is 0 Å². The fraction of sp³-hybridized carbons (Fsp3) is 0.364. The van der Waals surface area contributed by atoms with Crippen molar-refractivity contribution in [2.24, 2.45) is 4.40 Å². The summed E-state index contributed by atoms with van der Waals surface area (Å²) in [6.07, 6.45) is 1.40. The summed E-state index contributed by atoms with van der Waals surface area (Å²) in [7, 11) is 1.96. The second kappa shape index (κ2) is 4.35. The van der Waals surface area contributed by atoms with E-state index in [0.717, 1.165) is 0 Å². The Bertz CT molecular complexity index is 499. The van der Waals surface area contributed by atoms with E-state index in [1.165, 1.54) is 6.34 Å². The first-order chi connectivity index (χ1) is 7.22. The third-order valence-corrected chi connectivity index (χ3v) is 3.29. The standard InChI is InChI=1S/C11H17N2O2S/c1-10-7-5-6-8-11(10)16(14,15)12-9-13(2,3)4/h5-9H,1-4H3/q+1. The van der Waals surface area contributed by atoms with Crippen LogP contribution in [0, 0.1) is 6.92 Å². The number of sulfonamides is 1. The van der Waals surface area contributed by atoms with Gasteiger partial charge in [0.25, 0.3) is 10.0 Å². The molecule has 0 saturated heterocycles. The van der Waals surface area contributed by atoms with Gasteiger partial charge in [0.1, 0.15) is 0 Å². The Morgan fingerprint density at radius 2 is 1.75 bits per heavy atom. The molecule has 0 bridgehead atoms. The molecule has 0 N–H and O–H groups in total. The minimum Gasteiger partial charge on any atom is -0.288 e. The van der Waals surface area contributed by atoms with E-state index in [0.29, 0.717) is 10.0 Å². The summed E-state index contributed by atoms with van der Waals surface area (Å²) in [5, 5.41) is 0. The molecule has 0 heterocycles. The molecule has 16 heavy (non-hydrogen) atoms. The van der Waals surface area contributed by atoms with Crippen molar-refractivity contribution >= 4 is 16.4 Å². The van der Waals surface area contributed by atoms with Crippen molar-refractivity contribution in [3.05, 3.63) is 29.8 Å². The largest absolute Gasteiger partial charge is 0.288 e. The van der Waals surface area contributed by atoms with E-state index < -0.39 is 10.0 Å². The maximum Gasteiger partial charge on any atom is 0.287 e. The third-order valence-electron chi connectivity index (χ3n) is 1.90. The second-order valence-corrected chi connectivity index (χ2v) is 6.18. The molecule has 0 saturated carbocycles. The van der Waals surface area contributed by atoms with E-state index in [-0.39, 0.29) is 4.90 Å². The van der Waals surface area contributed by atoms with Crippen molar-refractivity contribution in [2.75, 3.05) is 21.1 Å². The zero-order valence-electron chi connectivity index (χ0n) is 10.0. The molecule has 0 aromatic heterocycles. The molecule has 5 heteroatoms. The minimum atomic E-state index is -3.57. The van der Waals surface area contributed by atoms with Crippen LogP contribution < -0.4 is 0 Å². The second-order valence-electron chi connectivity index (χ2n) is 4.58. The lowest BCUT2D eigenvalue weighted by molar-refractivity contribution is -0.769. The molecule has 0 atom stereocenters. The Labute approximate surface area is 96.9 Å². The van der Waals surface area contributed by atoms with E-state index in [1.54, 1.807) is 31.2 Å². The molecular formula is C11H17N2O2S+. The molecule has 0 aliphatic heterocycles. The summed E-state index contributed by atoms with van der Waals surface area (Å²) in [4.78, 5) is 0.264. The van der Waals surface area contributed by atoms with Crippen LogP contribution in [0.15, 0.2) is 33.6 Å². The molecule has 0 fully saturated rings. The van der Waals surface area contributed by atoms with Gasteiger partial charge in [-0.05, 0) is 18.6 Å². The molecule has 0 aliphatic carbocycles. The third kappa shape index (κ3) is 3.43. The molecular weight excluding hydrogens is 224 g/mol. The van der Waals surface area contributed by atoms with Gasteiger partial charge in [0, 0.05) is 0 Å². The van der Waals surface area contributed by atoms with Crippen LogP contribution >= 0.6 is 0 Å². The van der Waals surface area contributed by atoms with Gasteiger partial charge in [-0.3, -0.25) is 4.48 Å². The molecule has 1 rings (SSSR count). The lowest BCUT2D eigenvalue weighted by Gasteiger charge is -2.15. The first kappa shape index (κ1) is 12.9. The van der Waals surface area contributed by atoms with Gasteiger partial charge < -0.3 is 0 Å². The van der Waals surface area contributed by atoms with Crippen LogP contribution in [0.25, 0.3) is 0 Å². The first-order valence-electron chi connectivity index (χ1n) is 4.91. The van der Waals surface area contributed by atoms with Crippen molar-refractivity contribution in [3.63, 3.8) is 0 Å². The van der Waals surface area contributed by atoms with Crippen LogP contribution in [-0.4, -0.2) is 40.4 Å². The monoisotopic (exact) mass is 241 g/mol. The molecule has 0 amide bonds. The van der Waals surface area contributed by atoms with Crippen LogP contribution in [-0.2, 0) is 10.0 Å². The van der Waals surface area contributed by atoms with Gasteiger partial charge in [-0.15, -0.1) is 4.40 Å². The van der Waals surface area contributed by atoms with Gasteiger partial charge >= 0.3 is 0 Å². The Hall–Kier alpha value is -1.20. The van der Waals surface area contributed by atoms with E-state index in [9.17, 15) is 8.42 Å². The number of benzene rings is 1. The maximum absolute atomic E-state index is 11.9. The summed E-state index contributed by atoms with van der Waals surface area (Å²) >= 11 is 0. The first-order valence-corrected chi connectivity index (χ1v) is 6.35. The van der Waals surface area contributed by atoms with Gasteiger partial charge in [-0.2, -0.15) is 8.42 Å². The van der Waals surface area contributed by atoms with Crippen LogP contribution in [0.2, 0.25) is 0 Å². The molecule has 1 aromatic rings. The van der Waals surface area contributed by atoms with Crippen molar-refractivity contribution in [1.82, 2.24) is 0 Å². The van der Waals surface area contributed by atoms with Crippen molar-refractivity contribution < 1.29 is 12.9 Å². The van der Waals surface area contributed by atoms with Gasteiger partial charge in [-0.1, -0.05) is 18.2 Å². The Kier molecular flexibility index (Phi) is 3.50. The highest BCUT2D eigenvalue weighted by molar-refractivity contribution is 7.90. The van der Waals surface area contributed by atoms with Crippen LogP contribution in [0.3, 0.4) is 0 Å². The topological polar surface area (TPSA) is 46.5 Å². The number of hydrogen-bond donors (Lipinski definition) is 0. The quantitative estimate of drug-likeness (QED) is 0.456. The number of rotatable bonds is 3. The molecule has 88 valence electrons. The average Bonchev–Trinajstić information content (AvgIpc) is 2.14.